The molecular formula is C33H19N3. The molecule has 5 aromatic carbocycles. The Hall–Kier alpha value is -5.12. The third kappa shape index (κ3) is 2.49. The summed E-state index contributed by atoms with van der Waals surface area (Å²) < 4.78 is 0. The van der Waals surface area contributed by atoms with Crippen molar-refractivity contribution in [1.82, 2.24) is 0 Å². The summed E-state index contributed by atoms with van der Waals surface area (Å²) in [6.07, 6.45) is 0. The van der Waals surface area contributed by atoms with Crippen molar-refractivity contribution < 1.29 is 0 Å². The number of fused-ring (bicyclic) bond motifs is 9. The zero-order valence-electron chi connectivity index (χ0n) is 19.3. The lowest BCUT2D eigenvalue weighted by atomic mass is 9.64. The van der Waals surface area contributed by atoms with Gasteiger partial charge >= 0.3 is 0 Å². The van der Waals surface area contributed by atoms with Gasteiger partial charge in [0.05, 0.1) is 35.0 Å². The van der Waals surface area contributed by atoms with E-state index in [1.165, 1.54) is 0 Å². The highest BCUT2D eigenvalue weighted by atomic mass is 15.2. The molecule has 0 atom stereocenters. The molecule has 5 aromatic rings. The molecule has 36 heavy (non-hydrogen) atoms. The van der Waals surface area contributed by atoms with Crippen molar-refractivity contribution in [1.29, 1.82) is 5.26 Å². The van der Waals surface area contributed by atoms with E-state index >= 15 is 0 Å². The Morgan fingerprint density at radius 1 is 0.639 bits per heavy atom. The fraction of sp³-hybridized carbons (Fsp3) is 0.0303. The summed E-state index contributed by atoms with van der Waals surface area (Å²) in [4.78, 5) is 6.10. The summed E-state index contributed by atoms with van der Waals surface area (Å²) in [7, 11) is 0. The van der Waals surface area contributed by atoms with Crippen LogP contribution in [0.1, 0.15) is 27.8 Å². The third-order valence-corrected chi connectivity index (χ3v) is 7.49. The summed E-state index contributed by atoms with van der Waals surface area (Å²) in [5.74, 6) is 0. The minimum atomic E-state index is -0.642. The van der Waals surface area contributed by atoms with Crippen LogP contribution in [0.25, 0.3) is 16.0 Å². The minimum Gasteiger partial charge on any atom is -0.310 e. The van der Waals surface area contributed by atoms with Gasteiger partial charge in [-0.25, -0.2) is 4.85 Å². The van der Waals surface area contributed by atoms with Gasteiger partial charge in [0, 0.05) is 5.69 Å². The Kier molecular flexibility index (Phi) is 4.19. The smallest absolute Gasteiger partial charge is 0.187 e. The number of hydrogen-bond donors (Lipinski definition) is 0. The van der Waals surface area contributed by atoms with E-state index in [0.29, 0.717) is 11.3 Å². The van der Waals surface area contributed by atoms with E-state index < -0.39 is 5.41 Å². The van der Waals surface area contributed by atoms with Crippen LogP contribution in [-0.4, -0.2) is 0 Å². The van der Waals surface area contributed by atoms with E-state index in [1.54, 1.807) is 0 Å². The summed E-state index contributed by atoms with van der Waals surface area (Å²) >= 11 is 0. The van der Waals surface area contributed by atoms with Crippen molar-refractivity contribution in [3.05, 3.63) is 154 Å². The van der Waals surface area contributed by atoms with E-state index in [2.05, 4.69) is 101 Å². The SMILES string of the molecule is [C-]#[N+]c1ccc2c(c1)C1(c3cc(C#N)ccc3-2)c2ccccc2N(c2ccccc2)c2ccccc21. The maximum absolute atomic E-state index is 9.84. The first kappa shape index (κ1) is 20.3. The number of nitriles is 1. The Morgan fingerprint density at radius 3 is 1.86 bits per heavy atom. The van der Waals surface area contributed by atoms with Gasteiger partial charge in [0.25, 0.3) is 0 Å². The Bertz CT molecular complexity index is 1660. The van der Waals surface area contributed by atoms with Gasteiger partial charge in [0.15, 0.2) is 5.69 Å². The standard InChI is InChI=1S/C33H19N3/c1-35-23-16-18-26-25-17-15-22(21-34)19-29(25)33(30(26)20-23)27-11-5-7-13-31(27)36(24-9-3-2-4-10-24)32-14-8-6-12-28(32)33/h2-20H. The fourth-order valence-corrected chi connectivity index (χ4v) is 6.13. The molecule has 0 radical (unpaired) electrons. The molecule has 1 aliphatic carbocycles. The molecular weight excluding hydrogens is 438 g/mol. The highest BCUT2D eigenvalue weighted by Gasteiger charge is 2.51. The van der Waals surface area contributed by atoms with Crippen LogP contribution in [0.15, 0.2) is 115 Å². The second-order valence-electron chi connectivity index (χ2n) is 9.17. The van der Waals surface area contributed by atoms with Crippen LogP contribution in [0.3, 0.4) is 0 Å². The first-order valence-corrected chi connectivity index (χ1v) is 11.9. The molecule has 0 amide bonds. The molecule has 7 rings (SSSR count). The van der Waals surface area contributed by atoms with Crippen molar-refractivity contribution in [3.63, 3.8) is 0 Å². The number of nitrogens with zero attached hydrogens (tertiary/aromatic N) is 3. The lowest BCUT2D eigenvalue weighted by Gasteiger charge is -2.45. The topological polar surface area (TPSA) is 31.4 Å². The predicted molar refractivity (Wildman–Crippen MR) is 143 cm³/mol. The molecule has 1 spiro atoms. The number of para-hydroxylation sites is 3. The van der Waals surface area contributed by atoms with Gasteiger partial charge in [-0.1, -0.05) is 78.9 Å². The van der Waals surface area contributed by atoms with E-state index in [-0.39, 0.29) is 0 Å². The van der Waals surface area contributed by atoms with Crippen molar-refractivity contribution in [2.24, 2.45) is 0 Å². The van der Waals surface area contributed by atoms with Crippen LogP contribution in [-0.2, 0) is 5.41 Å². The maximum atomic E-state index is 9.84. The number of benzene rings is 5. The molecule has 0 N–H and O–H groups in total. The van der Waals surface area contributed by atoms with Crippen molar-refractivity contribution in [2.75, 3.05) is 4.90 Å². The number of rotatable bonds is 1. The molecule has 0 aromatic heterocycles. The quantitative estimate of drug-likeness (QED) is 0.232. The second kappa shape index (κ2) is 7.44. The molecule has 2 aliphatic rings. The summed E-state index contributed by atoms with van der Waals surface area (Å²) in [5.41, 5.74) is 10.6. The molecule has 0 bridgehead atoms. The maximum Gasteiger partial charge on any atom is 0.187 e. The Morgan fingerprint density at radius 2 is 1.22 bits per heavy atom. The molecule has 0 saturated heterocycles. The lowest BCUT2D eigenvalue weighted by molar-refractivity contribution is 0.753. The average molecular weight is 458 g/mol. The van der Waals surface area contributed by atoms with Crippen LogP contribution in [0.5, 0.6) is 0 Å². The molecule has 1 heterocycles. The number of anilines is 3. The molecule has 0 unspecified atom stereocenters. The molecule has 1 aliphatic heterocycles. The average Bonchev–Trinajstić information content (AvgIpc) is 3.23. The summed E-state index contributed by atoms with van der Waals surface area (Å²) in [6, 6.07) is 41.8. The van der Waals surface area contributed by atoms with Crippen LogP contribution in [0.4, 0.5) is 22.7 Å². The van der Waals surface area contributed by atoms with E-state index in [0.717, 1.165) is 50.4 Å². The highest BCUT2D eigenvalue weighted by molar-refractivity contribution is 5.96. The van der Waals surface area contributed by atoms with Gasteiger partial charge < -0.3 is 4.90 Å². The van der Waals surface area contributed by atoms with E-state index in [4.69, 9.17) is 6.57 Å². The minimum absolute atomic E-state index is 0.613. The Balaban J connectivity index is 1.68. The van der Waals surface area contributed by atoms with Crippen LogP contribution < -0.4 is 4.90 Å². The molecule has 0 saturated carbocycles. The van der Waals surface area contributed by atoms with Gasteiger partial charge in [-0.2, -0.15) is 5.26 Å². The zero-order valence-corrected chi connectivity index (χ0v) is 19.3. The first-order chi connectivity index (χ1) is 17.8. The lowest BCUT2D eigenvalue weighted by Crippen LogP contribution is -2.36. The molecule has 3 nitrogen and oxygen atoms in total. The van der Waals surface area contributed by atoms with E-state index in [1.807, 2.05) is 30.3 Å². The predicted octanol–water partition coefficient (Wildman–Crippen LogP) is 8.26. The number of hydrogen-bond acceptors (Lipinski definition) is 2. The third-order valence-electron chi connectivity index (χ3n) is 7.49. The van der Waals surface area contributed by atoms with Crippen LogP contribution in [0.2, 0.25) is 0 Å². The van der Waals surface area contributed by atoms with Gasteiger partial charge in [-0.3, -0.25) is 0 Å². The molecule has 166 valence electrons. The van der Waals surface area contributed by atoms with Gasteiger partial charge in [-0.05, 0) is 69.8 Å². The first-order valence-electron chi connectivity index (χ1n) is 11.9. The fourth-order valence-electron chi connectivity index (χ4n) is 6.13. The highest BCUT2D eigenvalue weighted by Crippen LogP contribution is 2.63. The van der Waals surface area contributed by atoms with Gasteiger partial charge in [0.1, 0.15) is 0 Å². The van der Waals surface area contributed by atoms with Crippen LogP contribution in [0, 0.1) is 17.9 Å². The molecule has 3 heteroatoms. The monoisotopic (exact) mass is 457 g/mol. The van der Waals surface area contributed by atoms with Gasteiger partial charge in [0.2, 0.25) is 0 Å². The normalized spacial score (nSPS) is 13.7. The van der Waals surface area contributed by atoms with Crippen LogP contribution >= 0.6 is 0 Å². The molecule has 0 fully saturated rings. The summed E-state index contributed by atoms with van der Waals surface area (Å²) in [6.45, 7) is 7.74. The largest absolute Gasteiger partial charge is 0.310 e. The van der Waals surface area contributed by atoms with Crippen molar-refractivity contribution in [2.45, 2.75) is 5.41 Å². The zero-order chi connectivity index (χ0) is 24.3. The Labute approximate surface area is 209 Å². The van der Waals surface area contributed by atoms with E-state index in [9.17, 15) is 5.26 Å². The van der Waals surface area contributed by atoms with Crippen molar-refractivity contribution >= 4 is 22.7 Å². The summed E-state index contributed by atoms with van der Waals surface area (Å²) in [5, 5.41) is 9.84. The van der Waals surface area contributed by atoms with Gasteiger partial charge in [-0.15, -0.1) is 0 Å². The second-order valence-corrected chi connectivity index (χ2v) is 9.17. The van der Waals surface area contributed by atoms with Crippen molar-refractivity contribution in [3.8, 4) is 17.2 Å².